The minimum Gasteiger partial charge on any atom is -0.310 e. The van der Waals surface area contributed by atoms with Crippen molar-refractivity contribution in [3.05, 3.63) is 200 Å². The van der Waals surface area contributed by atoms with Crippen LogP contribution in [0.2, 0.25) is 0 Å². The summed E-state index contributed by atoms with van der Waals surface area (Å²) >= 11 is 1.89. The molecule has 1 nitrogen and oxygen atoms in total. The molecule has 0 aliphatic rings. The summed E-state index contributed by atoms with van der Waals surface area (Å²) in [6.07, 6.45) is 0. The third-order valence-corrected chi connectivity index (χ3v) is 11.5. The molecule has 0 aliphatic carbocycles. The van der Waals surface area contributed by atoms with Gasteiger partial charge in [0.15, 0.2) is 0 Å². The fourth-order valence-electron chi connectivity index (χ4n) is 7.62. The van der Waals surface area contributed by atoms with Crippen LogP contribution in [0.1, 0.15) is 0 Å². The van der Waals surface area contributed by atoms with Crippen molar-refractivity contribution < 1.29 is 0 Å². The SMILES string of the molecule is c1ccc(-c2ccc(N(c3ccc(-c4ccc5c(c4)sc4c6ccccc6ccc54)cc3)c3ccccc3-c3ccc4ccccc4c3)cc2)cc1. The van der Waals surface area contributed by atoms with Gasteiger partial charge in [-0.1, -0.05) is 158 Å². The molecule has 244 valence electrons. The second kappa shape index (κ2) is 12.7. The number of fused-ring (bicyclic) bond motifs is 6. The first-order valence-corrected chi connectivity index (χ1v) is 18.6. The third-order valence-electron chi connectivity index (χ3n) is 10.3. The van der Waals surface area contributed by atoms with Crippen LogP contribution >= 0.6 is 11.3 Å². The summed E-state index contributed by atoms with van der Waals surface area (Å²) < 4.78 is 2.68. The van der Waals surface area contributed by atoms with Gasteiger partial charge in [0.1, 0.15) is 0 Å². The van der Waals surface area contributed by atoms with Gasteiger partial charge in [-0.3, -0.25) is 0 Å². The molecule has 10 rings (SSSR count). The standard InChI is InChI=1S/C50H33NS/c1-2-10-34(11-3-1)36-20-26-42(27-21-36)51(48-17-9-8-15-44(48)41-19-18-35-12-4-5-14-39(35)32-41)43-28-22-37(23-29-43)40-25-30-46-47-31-24-38-13-6-7-16-45(38)50(47)52-49(46)33-40/h1-33H. The fraction of sp³-hybridized carbons (Fsp3) is 0. The highest BCUT2D eigenvalue weighted by Crippen LogP contribution is 2.43. The minimum atomic E-state index is 1.11. The number of rotatable bonds is 6. The van der Waals surface area contributed by atoms with Gasteiger partial charge < -0.3 is 4.90 Å². The molecule has 0 spiro atoms. The van der Waals surface area contributed by atoms with Crippen LogP contribution in [-0.2, 0) is 0 Å². The lowest BCUT2D eigenvalue weighted by atomic mass is 9.98. The van der Waals surface area contributed by atoms with E-state index in [0.717, 1.165) is 17.1 Å². The maximum Gasteiger partial charge on any atom is 0.0540 e. The Labute approximate surface area is 307 Å². The van der Waals surface area contributed by atoms with Gasteiger partial charge in [-0.25, -0.2) is 0 Å². The van der Waals surface area contributed by atoms with Crippen LogP contribution in [-0.4, -0.2) is 0 Å². The fourth-order valence-corrected chi connectivity index (χ4v) is 8.89. The molecule has 1 aromatic heterocycles. The molecule has 1 heterocycles. The smallest absolute Gasteiger partial charge is 0.0540 e. The minimum absolute atomic E-state index is 1.11. The molecule has 0 unspecified atom stereocenters. The van der Waals surface area contributed by atoms with E-state index < -0.39 is 0 Å². The van der Waals surface area contributed by atoms with E-state index in [0.29, 0.717) is 0 Å². The molecule has 0 atom stereocenters. The second-order valence-corrected chi connectivity index (χ2v) is 14.4. The first-order valence-electron chi connectivity index (χ1n) is 17.8. The van der Waals surface area contributed by atoms with Crippen LogP contribution in [0, 0.1) is 0 Å². The van der Waals surface area contributed by atoms with Gasteiger partial charge in [-0.05, 0) is 91.8 Å². The first kappa shape index (κ1) is 30.4. The van der Waals surface area contributed by atoms with Crippen molar-refractivity contribution in [1.82, 2.24) is 0 Å². The summed E-state index contributed by atoms with van der Waals surface area (Å²) in [6.45, 7) is 0. The van der Waals surface area contributed by atoms with Gasteiger partial charge in [0.25, 0.3) is 0 Å². The Morgan fingerprint density at radius 1 is 0.327 bits per heavy atom. The van der Waals surface area contributed by atoms with Crippen molar-refractivity contribution in [2.24, 2.45) is 0 Å². The Morgan fingerprint density at radius 2 is 0.885 bits per heavy atom. The molecule has 9 aromatic carbocycles. The molecule has 0 aliphatic heterocycles. The van der Waals surface area contributed by atoms with Gasteiger partial charge in [-0.2, -0.15) is 0 Å². The predicted molar refractivity (Wildman–Crippen MR) is 225 cm³/mol. The average molecular weight is 680 g/mol. The molecule has 0 fully saturated rings. The lowest BCUT2D eigenvalue weighted by Crippen LogP contribution is -2.11. The molecular formula is C50H33NS. The average Bonchev–Trinajstić information content (AvgIpc) is 3.60. The summed E-state index contributed by atoms with van der Waals surface area (Å²) in [7, 11) is 0. The Bertz CT molecular complexity index is 2890. The van der Waals surface area contributed by atoms with E-state index in [9.17, 15) is 0 Å². The topological polar surface area (TPSA) is 3.24 Å². The number of benzene rings is 9. The zero-order valence-corrected chi connectivity index (χ0v) is 29.2. The van der Waals surface area contributed by atoms with E-state index in [4.69, 9.17) is 0 Å². The summed E-state index contributed by atoms with van der Waals surface area (Å²) in [6, 6.07) is 72.9. The van der Waals surface area contributed by atoms with E-state index in [1.54, 1.807) is 0 Å². The van der Waals surface area contributed by atoms with E-state index in [1.807, 2.05) is 11.3 Å². The summed E-state index contributed by atoms with van der Waals surface area (Å²) in [5, 5.41) is 7.75. The molecule has 0 saturated carbocycles. The Hall–Kier alpha value is -6.48. The number of anilines is 3. The second-order valence-electron chi connectivity index (χ2n) is 13.4. The highest BCUT2D eigenvalue weighted by atomic mass is 32.1. The Kier molecular flexibility index (Phi) is 7.41. The van der Waals surface area contributed by atoms with Crippen molar-refractivity contribution in [3.8, 4) is 33.4 Å². The highest BCUT2D eigenvalue weighted by Gasteiger charge is 2.18. The van der Waals surface area contributed by atoms with Crippen LogP contribution < -0.4 is 4.90 Å². The lowest BCUT2D eigenvalue weighted by molar-refractivity contribution is 1.28. The number of hydrogen-bond donors (Lipinski definition) is 0. The van der Waals surface area contributed by atoms with Crippen LogP contribution in [0.3, 0.4) is 0 Å². The summed E-state index contributed by atoms with van der Waals surface area (Å²) in [5.41, 5.74) is 10.6. The van der Waals surface area contributed by atoms with E-state index in [2.05, 4.69) is 205 Å². The normalized spacial score (nSPS) is 11.5. The molecule has 52 heavy (non-hydrogen) atoms. The van der Waals surface area contributed by atoms with Gasteiger partial charge in [0, 0.05) is 37.1 Å². The van der Waals surface area contributed by atoms with Gasteiger partial charge in [0.05, 0.1) is 5.69 Å². The van der Waals surface area contributed by atoms with Crippen molar-refractivity contribution in [2.45, 2.75) is 0 Å². The Morgan fingerprint density at radius 3 is 1.67 bits per heavy atom. The maximum absolute atomic E-state index is 2.39. The first-order chi connectivity index (χ1) is 25.8. The number of hydrogen-bond acceptors (Lipinski definition) is 2. The van der Waals surface area contributed by atoms with Crippen molar-refractivity contribution >= 4 is 70.1 Å². The van der Waals surface area contributed by atoms with E-state index in [-0.39, 0.29) is 0 Å². The zero-order chi connectivity index (χ0) is 34.4. The van der Waals surface area contributed by atoms with Gasteiger partial charge in [-0.15, -0.1) is 11.3 Å². The van der Waals surface area contributed by atoms with Gasteiger partial charge >= 0.3 is 0 Å². The van der Waals surface area contributed by atoms with Crippen LogP contribution in [0.15, 0.2) is 200 Å². The summed E-state index contributed by atoms with van der Waals surface area (Å²) in [4.78, 5) is 2.39. The molecule has 0 amide bonds. The molecule has 0 bridgehead atoms. The maximum atomic E-state index is 2.39. The van der Waals surface area contributed by atoms with Crippen LogP contribution in [0.25, 0.3) is 75.1 Å². The lowest BCUT2D eigenvalue weighted by Gasteiger charge is -2.28. The molecule has 10 aromatic rings. The van der Waals surface area contributed by atoms with Crippen molar-refractivity contribution in [1.29, 1.82) is 0 Å². The number of nitrogens with zero attached hydrogens (tertiary/aromatic N) is 1. The monoisotopic (exact) mass is 679 g/mol. The predicted octanol–water partition coefficient (Wildman–Crippen LogP) is 14.8. The molecule has 0 N–H and O–H groups in total. The number of para-hydroxylation sites is 1. The van der Waals surface area contributed by atoms with Gasteiger partial charge in [0.2, 0.25) is 0 Å². The molecule has 0 radical (unpaired) electrons. The van der Waals surface area contributed by atoms with E-state index >= 15 is 0 Å². The Balaban J connectivity index is 1.07. The molecule has 2 heteroatoms. The van der Waals surface area contributed by atoms with E-state index in [1.165, 1.54) is 75.1 Å². The van der Waals surface area contributed by atoms with Crippen LogP contribution in [0.5, 0.6) is 0 Å². The van der Waals surface area contributed by atoms with Crippen molar-refractivity contribution in [3.63, 3.8) is 0 Å². The number of thiophene rings is 1. The van der Waals surface area contributed by atoms with Crippen LogP contribution in [0.4, 0.5) is 17.1 Å². The van der Waals surface area contributed by atoms with Crippen molar-refractivity contribution in [2.75, 3.05) is 4.90 Å². The third kappa shape index (κ3) is 5.33. The largest absolute Gasteiger partial charge is 0.310 e. The zero-order valence-electron chi connectivity index (χ0n) is 28.4. The quantitative estimate of drug-likeness (QED) is 0.169. The summed E-state index contributed by atoms with van der Waals surface area (Å²) in [5.74, 6) is 0. The molecular weight excluding hydrogens is 647 g/mol. The molecule has 0 saturated heterocycles. The highest BCUT2D eigenvalue weighted by molar-refractivity contribution is 7.26.